The monoisotopic (exact) mass is 357 g/mol. The number of hydrogen-bond donors (Lipinski definition) is 2. The molecule has 2 aromatic heterocycles. The molecule has 4 aromatic rings. The summed E-state index contributed by atoms with van der Waals surface area (Å²) in [5.74, 6) is -0.673. The van der Waals surface area contributed by atoms with Gasteiger partial charge in [0.25, 0.3) is 0 Å². The molecule has 0 unspecified atom stereocenters. The standard InChI is InChI=1S/C21H15N3O3/c25-18-11-19(23-14-7-3-1-4-8-14)24(15-9-5-2-6-10-15)20-16(18)12-22-13-17(20)21(26)27/h1-13,23H,(H,26,27). The number of fused-ring (bicyclic) bond motifs is 1. The van der Waals surface area contributed by atoms with E-state index in [0.29, 0.717) is 11.3 Å². The Morgan fingerprint density at radius 2 is 1.63 bits per heavy atom. The summed E-state index contributed by atoms with van der Waals surface area (Å²) in [5, 5.41) is 13.1. The molecular weight excluding hydrogens is 342 g/mol. The molecule has 0 aliphatic rings. The lowest BCUT2D eigenvalue weighted by molar-refractivity contribution is 0.0698. The van der Waals surface area contributed by atoms with Crippen LogP contribution in [0.4, 0.5) is 11.5 Å². The van der Waals surface area contributed by atoms with Crippen molar-refractivity contribution in [2.24, 2.45) is 0 Å². The summed E-state index contributed by atoms with van der Waals surface area (Å²) in [4.78, 5) is 28.4. The third-order valence-corrected chi connectivity index (χ3v) is 4.21. The van der Waals surface area contributed by atoms with Crippen LogP contribution in [-0.4, -0.2) is 20.6 Å². The van der Waals surface area contributed by atoms with Gasteiger partial charge in [-0.3, -0.25) is 14.3 Å². The molecule has 6 heteroatoms. The molecule has 0 radical (unpaired) electrons. The van der Waals surface area contributed by atoms with Crippen LogP contribution >= 0.6 is 0 Å². The summed E-state index contributed by atoms with van der Waals surface area (Å²) in [6.07, 6.45) is 2.66. The van der Waals surface area contributed by atoms with E-state index in [1.807, 2.05) is 60.7 Å². The molecule has 0 aliphatic carbocycles. The van der Waals surface area contributed by atoms with Crippen molar-refractivity contribution in [3.05, 3.63) is 94.9 Å². The molecule has 0 bridgehead atoms. The SMILES string of the molecule is O=C(O)c1cncc2c(=O)cc(Nc3ccccc3)n(-c3ccccc3)c12. The number of aromatic nitrogens is 2. The van der Waals surface area contributed by atoms with Crippen molar-refractivity contribution in [2.75, 3.05) is 5.32 Å². The van der Waals surface area contributed by atoms with Crippen LogP contribution in [0.5, 0.6) is 0 Å². The van der Waals surface area contributed by atoms with Crippen LogP contribution < -0.4 is 10.7 Å². The van der Waals surface area contributed by atoms with E-state index in [-0.39, 0.29) is 16.4 Å². The number of carboxylic acid groups (broad SMARTS) is 1. The normalized spacial score (nSPS) is 10.7. The lowest BCUT2D eigenvalue weighted by Gasteiger charge is -2.19. The molecule has 0 spiro atoms. The minimum Gasteiger partial charge on any atom is -0.478 e. The highest BCUT2D eigenvalue weighted by Crippen LogP contribution is 2.26. The first-order valence-electron chi connectivity index (χ1n) is 8.30. The van der Waals surface area contributed by atoms with Crippen molar-refractivity contribution in [1.29, 1.82) is 0 Å². The second-order valence-electron chi connectivity index (χ2n) is 5.94. The molecule has 0 saturated heterocycles. The molecule has 0 saturated carbocycles. The van der Waals surface area contributed by atoms with E-state index in [4.69, 9.17) is 0 Å². The minimum absolute atomic E-state index is 0.0369. The molecule has 2 heterocycles. The number of rotatable bonds is 4. The zero-order valence-electron chi connectivity index (χ0n) is 14.2. The Balaban J connectivity index is 2.10. The Hall–Kier alpha value is -3.93. The van der Waals surface area contributed by atoms with Crippen LogP contribution in [0, 0.1) is 0 Å². The van der Waals surface area contributed by atoms with E-state index in [2.05, 4.69) is 10.3 Å². The second-order valence-corrected chi connectivity index (χ2v) is 5.94. The molecule has 6 nitrogen and oxygen atoms in total. The number of aromatic carboxylic acids is 1. The second kappa shape index (κ2) is 6.76. The van der Waals surface area contributed by atoms with Crippen LogP contribution in [-0.2, 0) is 0 Å². The first kappa shape index (κ1) is 16.5. The largest absolute Gasteiger partial charge is 0.478 e. The summed E-state index contributed by atoms with van der Waals surface area (Å²) in [6, 6.07) is 20.1. The van der Waals surface area contributed by atoms with Crippen molar-refractivity contribution in [3.63, 3.8) is 0 Å². The average Bonchev–Trinajstić information content (AvgIpc) is 2.69. The van der Waals surface area contributed by atoms with E-state index in [1.54, 1.807) is 4.57 Å². The Bertz CT molecular complexity index is 1190. The number of carbonyl (C=O) groups is 1. The molecule has 0 atom stereocenters. The molecular formula is C21H15N3O3. The van der Waals surface area contributed by atoms with E-state index in [0.717, 1.165) is 11.4 Å². The van der Waals surface area contributed by atoms with E-state index in [9.17, 15) is 14.7 Å². The van der Waals surface area contributed by atoms with Crippen LogP contribution in [0.25, 0.3) is 16.6 Å². The molecule has 132 valence electrons. The maximum atomic E-state index is 12.7. The number of carboxylic acids is 1. The van der Waals surface area contributed by atoms with Crippen LogP contribution in [0.2, 0.25) is 0 Å². The van der Waals surface area contributed by atoms with Gasteiger partial charge in [-0.05, 0) is 24.3 Å². The van der Waals surface area contributed by atoms with Gasteiger partial charge >= 0.3 is 5.97 Å². The minimum atomic E-state index is -1.14. The smallest absolute Gasteiger partial charge is 0.339 e. The van der Waals surface area contributed by atoms with Crippen LogP contribution in [0.1, 0.15) is 10.4 Å². The quantitative estimate of drug-likeness (QED) is 0.580. The third-order valence-electron chi connectivity index (χ3n) is 4.21. The highest BCUT2D eigenvalue weighted by atomic mass is 16.4. The Labute approximate surface area is 154 Å². The van der Waals surface area contributed by atoms with Crippen molar-refractivity contribution >= 4 is 28.4 Å². The van der Waals surface area contributed by atoms with Gasteiger partial charge in [-0.25, -0.2) is 4.79 Å². The van der Waals surface area contributed by atoms with Gasteiger partial charge in [-0.1, -0.05) is 36.4 Å². The summed E-state index contributed by atoms with van der Waals surface area (Å²) in [7, 11) is 0. The van der Waals surface area contributed by atoms with Gasteiger partial charge in [0, 0.05) is 29.8 Å². The number of nitrogens with one attached hydrogen (secondary N) is 1. The molecule has 27 heavy (non-hydrogen) atoms. The number of para-hydroxylation sites is 2. The topological polar surface area (TPSA) is 84.2 Å². The zero-order chi connectivity index (χ0) is 18.8. The Kier molecular flexibility index (Phi) is 4.14. The molecule has 4 rings (SSSR count). The van der Waals surface area contributed by atoms with Gasteiger partial charge in [0.1, 0.15) is 11.4 Å². The third kappa shape index (κ3) is 3.04. The van der Waals surface area contributed by atoms with Crippen molar-refractivity contribution in [2.45, 2.75) is 0 Å². The van der Waals surface area contributed by atoms with Crippen molar-refractivity contribution in [3.8, 4) is 5.69 Å². The number of anilines is 2. The fraction of sp³-hybridized carbons (Fsp3) is 0. The molecule has 0 aliphatic heterocycles. The maximum Gasteiger partial charge on any atom is 0.339 e. The predicted molar refractivity (Wildman–Crippen MR) is 104 cm³/mol. The first-order chi connectivity index (χ1) is 13.1. The fourth-order valence-corrected chi connectivity index (χ4v) is 3.02. The van der Waals surface area contributed by atoms with Crippen molar-refractivity contribution < 1.29 is 9.90 Å². The first-order valence-corrected chi connectivity index (χ1v) is 8.30. The van der Waals surface area contributed by atoms with Gasteiger partial charge in [0.15, 0.2) is 5.43 Å². The summed E-state index contributed by atoms with van der Waals surface area (Å²) >= 11 is 0. The predicted octanol–water partition coefficient (Wildman–Crippen LogP) is 3.83. The van der Waals surface area contributed by atoms with Gasteiger partial charge in [-0.2, -0.15) is 0 Å². The molecule has 0 amide bonds. The number of hydrogen-bond acceptors (Lipinski definition) is 4. The number of pyridine rings is 2. The molecule has 0 fully saturated rings. The highest BCUT2D eigenvalue weighted by molar-refractivity contribution is 6.02. The highest BCUT2D eigenvalue weighted by Gasteiger charge is 2.18. The van der Waals surface area contributed by atoms with Gasteiger partial charge in [-0.15, -0.1) is 0 Å². The Morgan fingerprint density at radius 1 is 0.963 bits per heavy atom. The maximum absolute atomic E-state index is 12.7. The lowest BCUT2D eigenvalue weighted by Crippen LogP contribution is -2.15. The molecule has 2 aromatic carbocycles. The van der Waals surface area contributed by atoms with Crippen molar-refractivity contribution in [1.82, 2.24) is 9.55 Å². The van der Waals surface area contributed by atoms with E-state index < -0.39 is 5.97 Å². The van der Waals surface area contributed by atoms with E-state index >= 15 is 0 Å². The zero-order valence-corrected chi connectivity index (χ0v) is 14.2. The van der Waals surface area contributed by atoms with E-state index in [1.165, 1.54) is 18.5 Å². The van der Waals surface area contributed by atoms with Gasteiger partial charge in [0.2, 0.25) is 0 Å². The van der Waals surface area contributed by atoms with Crippen LogP contribution in [0.15, 0.2) is 83.9 Å². The summed E-state index contributed by atoms with van der Waals surface area (Å²) < 4.78 is 1.73. The summed E-state index contributed by atoms with van der Waals surface area (Å²) in [6.45, 7) is 0. The summed E-state index contributed by atoms with van der Waals surface area (Å²) in [5.41, 5.74) is 1.48. The number of nitrogens with zero attached hydrogens (tertiary/aromatic N) is 2. The average molecular weight is 357 g/mol. The lowest BCUT2D eigenvalue weighted by atomic mass is 10.1. The molecule has 2 N–H and O–H groups in total. The van der Waals surface area contributed by atoms with Crippen LogP contribution in [0.3, 0.4) is 0 Å². The van der Waals surface area contributed by atoms with Gasteiger partial charge < -0.3 is 10.4 Å². The Morgan fingerprint density at radius 3 is 2.30 bits per heavy atom. The van der Waals surface area contributed by atoms with Gasteiger partial charge in [0.05, 0.1) is 10.9 Å². The fourth-order valence-electron chi connectivity index (χ4n) is 3.02. The number of benzene rings is 2.